The normalized spacial score (nSPS) is 10.8. The van der Waals surface area contributed by atoms with Crippen LogP contribution in [-0.4, -0.2) is 22.6 Å². The Morgan fingerprint density at radius 1 is 1.14 bits per heavy atom. The molecule has 2 heterocycles. The molecule has 0 radical (unpaired) electrons. The van der Waals surface area contributed by atoms with Gasteiger partial charge in [0.05, 0.1) is 17.5 Å². The van der Waals surface area contributed by atoms with Crippen LogP contribution in [-0.2, 0) is 4.74 Å². The fourth-order valence-electron chi connectivity index (χ4n) is 2.98. The lowest BCUT2D eigenvalue weighted by molar-refractivity contribution is -0.379. The highest BCUT2D eigenvalue weighted by molar-refractivity contribution is 7.17. The molecule has 0 aliphatic rings. The molecule has 8 heteroatoms. The van der Waals surface area contributed by atoms with Crippen molar-refractivity contribution in [3.63, 3.8) is 0 Å². The van der Waals surface area contributed by atoms with Gasteiger partial charge in [0.1, 0.15) is 10.6 Å². The van der Waals surface area contributed by atoms with Crippen LogP contribution in [0.3, 0.4) is 0 Å². The Bertz CT molecular complexity index is 1180. The molecule has 0 amide bonds. The summed E-state index contributed by atoms with van der Waals surface area (Å²) in [6.45, 7) is 0. The number of thiophene rings is 1. The van der Waals surface area contributed by atoms with Crippen molar-refractivity contribution < 1.29 is 14.5 Å². The number of carbonyl (C=O) groups excluding carboxylic acids is 1. The van der Waals surface area contributed by atoms with Crippen LogP contribution in [0.25, 0.3) is 16.6 Å². The van der Waals surface area contributed by atoms with Gasteiger partial charge in [-0.2, -0.15) is 0 Å². The molecule has 0 spiro atoms. The summed E-state index contributed by atoms with van der Waals surface area (Å²) in [5, 5.41) is 15.3. The van der Waals surface area contributed by atoms with E-state index in [1.165, 1.54) is 13.2 Å². The first-order valence-corrected chi connectivity index (χ1v) is 9.18. The molecule has 0 atom stereocenters. The second-order valence-corrected chi connectivity index (χ2v) is 7.03. The lowest BCUT2D eigenvalue weighted by atomic mass is 10.2. The number of benzene rings is 2. The highest BCUT2D eigenvalue weighted by atomic mass is 32.1. The molecule has 0 aliphatic carbocycles. The third-order valence-corrected chi connectivity index (χ3v) is 5.34. The molecule has 0 saturated carbocycles. The van der Waals surface area contributed by atoms with E-state index in [0.717, 1.165) is 27.9 Å². The number of nitrogens with zero attached hydrogens (tertiary/aromatic N) is 2. The monoisotopic (exact) mass is 393 g/mol. The molecule has 4 aromatic rings. The molecular formula is C20H15N3O4S. The van der Waals surface area contributed by atoms with Gasteiger partial charge in [0.25, 0.3) is 0 Å². The first-order valence-electron chi connectivity index (χ1n) is 8.37. The van der Waals surface area contributed by atoms with Gasteiger partial charge in [0.2, 0.25) is 0 Å². The number of para-hydroxylation sites is 1. The molecule has 1 N–H and O–H groups in total. The molecular weight excluding hydrogens is 378 g/mol. The fourth-order valence-corrected chi connectivity index (χ4v) is 3.83. The molecule has 2 aromatic carbocycles. The zero-order valence-corrected chi connectivity index (χ0v) is 15.6. The van der Waals surface area contributed by atoms with Crippen molar-refractivity contribution >= 4 is 44.6 Å². The molecule has 0 fully saturated rings. The van der Waals surface area contributed by atoms with E-state index in [9.17, 15) is 14.9 Å². The van der Waals surface area contributed by atoms with Gasteiger partial charge in [-0.15, -0.1) is 0 Å². The van der Waals surface area contributed by atoms with Crippen molar-refractivity contribution in [2.45, 2.75) is 0 Å². The number of anilines is 2. The number of methoxy groups -OCH3 is 1. The van der Waals surface area contributed by atoms with Crippen LogP contribution in [0.5, 0.6) is 0 Å². The molecule has 7 nitrogen and oxygen atoms in total. The summed E-state index contributed by atoms with van der Waals surface area (Å²) in [5.74, 6) is -0.602. The van der Waals surface area contributed by atoms with Gasteiger partial charge in [-0.1, -0.05) is 35.6 Å². The van der Waals surface area contributed by atoms with Crippen molar-refractivity contribution in [2.24, 2.45) is 0 Å². The molecule has 28 heavy (non-hydrogen) atoms. The Morgan fingerprint density at radius 2 is 1.93 bits per heavy atom. The molecule has 4 rings (SSSR count). The number of esters is 1. The number of nitro groups is 1. The highest BCUT2D eigenvalue weighted by Crippen LogP contribution is 2.37. The zero-order chi connectivity index (χ0) is 19.7. The molecule has 0 aliphatic heterocycles. The van der Waals surface area contributed by atoms with Crippen LogP contribution in [0.2, 0.25) is 0 Å². The predicted octanol–water partition coefficient (Wildman–Crippen LogP) is 5.13. The summed E-state index contributed by atoms with van der Waals surface area (Å²) in [6, 6.07) is 19.0. The van der Waals surface area contributed by atoms with Crippen molar-refractivity contribution in [2.75, 3.05) is 12.4 Å². The minimum Gasteiger partial charge on any atom is -0.465 e. The maximum absolute atomic E-state index is 11.7. The maximum atomic E-state index is 11.7. The second-order valence-electron chi connectivity index (χ2n) is 6.00. The Labute approximate surface area is 163 Å². The first-order chi connectivity index (χ1) is 13.6. The lowest BCUT2D eigenvalue weighted by Gasteiger charge is -2.08. The van der Waals surface area contributed by atoms with Crippen LogP contribution in [0.1, 0.15) is 9.67 Å². The number of rotatable bonds is 5. The summed E-state index contributed by atoms with van der Waals surface area (Å²) < 4.78 is 6.71. The van der Waals surface area contributed by atoms with Crippen LogP contribution >= 0.6 is 11.3 Å². The second kappa shape index (κ2) is 7.16. The van der Waals surface area contributed by atoms with E-state index in [-0.39, 0.29) is 15.6 Å². The lowest BCUT2D eigenvalue weighted by Crippen LogP contribution is -1.97. The summed E-state index contributed by atoms with van der Waals surface area (Å²) in [5.41, 5.74) is 2.92. The Kier molecular flexibility index (Phi) is 4.54. The number of hydrogen-bond donors (Lipinski definition) is 1. The highest BCUT2D eigenvalue weighted by Gasteiger charge is 2.23. The molecule has 0 saturated heterocycles. The minimum atomic E-state index is -0.602. The first kappa shape index (κ1) is 17.7. The van der Waals surface area contributed by atoms with Gasteiger partial charge in [0.15, 0.2) is 0 Å². The number of nitrogens with one attached hydrogen (secondary N) is 1. The number of carbonyl (C=O) groups is 1. The average Bonchev–Trinajstić information content (AvgIpc) is 3.32. The number of ether oxygens (including phenoxy) is 1. The number of fused-ring (bicyclic) bond motifs is 1. The van der Waals surface area contributed by atoms with Gasteiger partial charge < -0.3 is 14.6 Å². The molecule has 0 bridgehead atoms. The molecule has 140 valence electrons. The van der Waals surface area contributed by atoms with Gasteiger partial charge >= 0.3 is 11.0 Å². The summed E-state index contributed by atoms with van der Waals surface area (Å²) in [4.78, 5) is 22.8. The van der Waals surface area contributed by atoms with E-state index in [1.807, 2.05) is 65.4 Å². The summed E-state index contributed by atoms with van der Waals surface area (Å²) in [7, 11) is 1.24. The fraction of sp³-hybridized carbons (Fsp3) is 0.0500. The van der Waals surface area contributed by atoms with Gasteiger partial charge in [-0.05, 0) is 36.4 Å². The van der Waals surface area contributed by atoms with Gasteiger partial charge in [0, 0.05) is 23.0 Å². The Balaban J connectivity index is 1.74. The van der Waals surface area contributed by atoms with E-state index < -0.39 is 10.9 Å². The summed E-state index contributed by atoms with van der Waals surface area (Å²) in [6.07, 6.45) is 1.98. The number of hydrogen-bond acceptors (Lipinski definition) is 6. The Morgan fingerprint density at radius 3 is 2.64 bits per heavy atom. The number of aromatic nitrogens is 1. The van der Waals surface area contributed by atoms with Crippen LogP contribution in [0, 0.1) is 10.1 Å². The largest absolute Gasteiger partial charge is 0.465 e. The van der Waals surface area contributed by atoms with Gasteiger partial charge in [-0.3, -0.25) is 10.1 Å². The smallest absolute Gasteiger partial charge is 0.348 e. The SMILES string of the molecule is COC(=O)c1cc(Nc2ccc3ccn(-c4ccccc4)c3c2)c([N+](=O)[O-])s1. The van der Waals surface area contributed by atoms with Crippen molar-refractivity contribution in [1.82, 2.24) is 4.57 Å². The van der Waals surface area contributed by atoms with Crippen LogP contribution in [0.15, 0.2) is 66.9 Å². The van der Waals surface area contributed by atoms with E-state index >= 15 is 0 Å². The minimum absolute atomic E-state index is 0.140. The quantitative estimate of drug-likeness (QED) is 0.289. The topological polar surface area (TPSA) is 86.4 Å². The van der Waals surface area contributed by atoms with E-state index in [2.05, 4.69) is 10.1 Å². The van der Waals surface area contributed by atoms with E-state index in [0.29, 0.717) is 5.69 Å². The van der Waals surface area contributed by atoms with E-state index in [1.54, 1.807) is 0 Å². The average molecular weight is 393 g/mol. The van der Waals surface area contributed by atoms with Gasteiger partial charge in [-0.25, -0.2) is 4.79 Å². The van der Waals surface area contributed by atoms with Crippen molar-refractivity contribution in [3.05, 3.63) is 81.9 Å². The van der Waals surface area contributed by atoms with Crippen LogP contribution < -0.4 is 5.32 Å². The summed E-state index contributed by atoms with van der Waals surface area (Å²) >= 11 is 0.784. The third kappa shape index (κ3) is 3.21. The Hall–Kier alpha value is -3.65. The van der Waals surface area contributed by atoms with Crippen molar-refractivity contribution in [1.29, 1.82) is 0 Å². The molecule has 0 unspecified atom stereocenters. The van der Waals surface area contributed by atoms with Crippen molar-refractivity contribution in [3.8, 4) is 5.69 Å². The zero-order valence-electron chi connectivity index (χ0n) is 14.8. The third-order valence-electron chi connectivity index (χ3n) is 4.27. The maximum Gasteiger partial charge on any atom is 0.348 e. The molecule has 2 aromatic heterocycles. The van der Waals surface area contributed by atoms with Crippen LogP contribution in [0.4, 0.5) is 16.4 Å². The van der Waals surface area contributed by atoms with E-state index in [4.69, 9.17) is 0 Å². The standard InChI is InChI=1S/C20H15N3O4S/c1-27-20(24)18-12-16(19(28-18)23(25)26)21-14-8-7-13-9-10-22(17(13)11-14)15-5-3-2-4-6-15/h2-12,21H,1H3. The predicted molar refractivity (Wildman–Crippen MR) is 109 cm³/mol.